The van der Waals surface area contributed by atoms with Crippen LogP contribution in [0.4, 0.5) is 0 Å². The number of ether oxygens (including phenoxy) is 1. The molecule has 2 spiro atoms. The summed E-state index contributed by atoms with van der Waals surface area (Å²) >= 11 is 0. The Morgan fingerprint density at radius 1 is 0.818 bits per heavy atom. The Bertz CT molecular complexity index is 816. The van der Waals surface area contributed by atoms with Gasteiger partial charge in [0.25, 0.3) is 0 Å². The number of aliphatic hydroxyl groups excluding tert-OH is 1. The summed E-state index contributed by atoms with van der Waals surface area (Å²) in [4.78, 5) is 0. The van der Waals surface area contributed by atoms with E-state index in [0.29, 0.717) is 27.8 Å². The Labute approximate surface area is 204 Å². The Morgan fingerprint density at radius 3 is 2.18 bits per heavy atom. The van der Waals surface area contributed by atoms with E-state index in [2.05, 4.69) is 48.5 Å². The van der Waals surface area contributed by atoms with Crippen molar-refractivity contribution in [1.82, 2.24) is 0 Å². The second kappa shape index (κ2) is 6.81. The molecule has 1 saturated heterocycles. The summed E-state index contributed by atoms with van der Waals surface area (Å²) < 4.78 is 5.86. The first-order valence-electron chi connectivity index (χ1n) is 14.7. The van der Waals surface area contributed by atoms with Gasteiger partial charge in [0.1, 0.15) is 0 Å². The predicted octanol–water partition coefficient (Wildman–Crippen LogP) is 7.77. The molecule has 10 atom stereocenters. The summed E-state index contributed by atoms with van der Waals surface area (Å²) in [6, 6.07) is 0. The highest BCUT2D eigenvalue weighted by molar-refractivity contribution is 5.30. The molecule has 6 fully saturated rings. The summed E-state index contributed by atoms with van der Waals surface area (Å²) in [7, 11) is 0. The van der Waals surface area contributed by atoms with Crippen LogP contribution in [0.1, 0.15) is 126 Å². The van der Waals surface area contributed by atoms with E-state index in [1.54, 1.807) is 0 Å². The van der Waals surface area contributed by atoms with Crippen LogP contribution >= 0.6 is 0 Å². The lowest BCUT2D eigenvalue weighted by atomic mass is 9.41. The highest BCUT2D eigenvalue weighted by Crippen LogP contribution is 2.89. The van der Waals surface area contributed by atoms with Crippen molar-refractivity contribution in [1.29, 1.82) is 0 Å². The molecule has 188 valence electrons. The number of hydrogen-bond donors (Lipinski definition) is 1. The first kappa shape index (κ1) is 23.3. The average Bonchev–Trinajstić information content (AvgIpc) is 3.55. The molecule has 1 N–H and O–H groups in total. The molecule has 0 aromatic rings. The van der Waals surface area contributed by atoms with Crippen molar-refractivity contribution in [3.63, 3.8) is 0 Å². The highest BCUT2D eigenvalue weighted by Gasteiger charge is 2.82. The number of rotatable bonds is 5. The van der Waals surface area contributed by atoms with E-state index in [4.69, 9.17) is 4.74 Å². The van der Waals surface area contributed by atoms with Crippen molar-refractivity contribution >= 4 is 0 Å². The molecule has 33 heavy (non-hydrogen) atoms. The minimum atomic E-state index is -0.0879. The molecule has 2 heteroatoms. The molecule has 0 aromatic heterocycles. The molecule has 1 aliphatic heterocycles. The fraction of sp³-hybridized carbons (Fsp3) is 1.00. The Balaban J connectivity index is 1.20. The van der Waals surface area contributed by atoms with E-state index in [-0.39, 0.29) is 17.1 Å². The van der Waals surface area contributed by atoms with Crippen LogP contribution in [0, 0.1) is 50.7 Å². The van der Waals surface area contributed by atoms with Crippen molar-refractivity contribution in [3.8, 4) is 0 Å². The topological polar surface area (TPSA) is 32.8 Å². The largest absolute Gasteiger partial charge is 0.393 e. The number of fused-ring (bicyclic) bond motifs is 2. The number of hydrogen-bond acceptors (Lipinski definition) is 2. The molecule has 5 aliphatic carbocycles. The minimum Gasteiger partial charge on any atom is -0.393 e. The molecular formula is C31H52O2. The van der Waals surface area contributed by atoms with Crippen molar-refractivity contribution in [2.45, 2.75) is 143 Å². The lowest BCUT2D eigenvalue weighted by molar-refractivity contribution is -0.161. The van der Waals surface area contributed by atoms with Gasteiger partial charge in [0.15, 0.2) is 0 Å². The van der Waals surface area contributed by atoms with E-state index in [0.717, 1.165) is 30.1 Å². The lowest BCUT2D eigenvalue weighted by Gasteiger charge is -2.63. The van der Waals surface area contributed by atoms with Crippen LogP contribution in [0.3, 0.4) is 0 Å². The lowest BCUT2D eigenvalue weighted by Crippen LogP contribution is -2.57. The third kappa shape index (κ3) is 2.81. The second-order valence-corrected chi connectivity index (χ2v) is 15.6. The smallest absolute Gasteiger partial charge is 0.0892 e. The second-order valence-electron chi connectivity index (χ2n) is 15.6. The standard InChI is InChI=1S/C31H52O2/c1-20(9-8-10-25-27(4,5)33-25)21-13-15-29(7)23-12-11-22-26(2,3)24(32)14-16-30(22)19-31(23,30)18-17-28(21,29)6/h20-25,32H,8-19H2,1-7H3/t20-,21-,22?,23?,24+,25-,28-,29+,30-,31+/m1/s1. The SMILES string of the molecule is C[C@H](CCC[C@H]1OC1(C)C)[C@H]1CC[C@@]2(C)C3CCC4C(C)(C)[C@@H](O)CC[C@@]45C[C@@]35CC[C@]12C. The van der Waals surface area contributed by atoms with Gasteiger partial charge >= 0.3 is 0 Å². The zero-order chi connectivity index (χ0) is 23.7. The van der Waals surface area contributed by atoms with Crippen LogP contribution in [-0.4, -0.2) is 22.9 Å². The Hall–Kier alpha value is -0.0800. The van der Waals surface area contributed by atoms with E-state index in [9.17, 15) is 5.11 Å². The molecule has 1 heterocycles. The zero-order valence-corrected chi connectivity index (χ0v) is 22.8. The van der Waals surface area contributed by atoms with Gasteiger partial charge in [0.05, 0.1) is 17.8 Å². The van der Waals surface area contributed by atoms with Crippen LogP contribution < -0.4 is 0 Å². The molecule has 2 unspecified atom stereocenters. The maximum atomic E-state index is 10.9. The predicted molar refractivity (Wildman–Crippen MR) is 135 cm³/mol. The monoisotopic (exact) mass is 456 g/mol. The van der Waals surface area contributed by atoms with Gasteiger partial charge in [0.2, 0.25) is 0 Å². The van der Waals surface area contributed by atoms with Crippen molar-refractivity contribution in [2.75, 3.05) is 0 Å². The maximum absolute atomic E-state index is 10.9. The van der Waals surface area contributed by atoms with Crippen LogP contribution in [-0.2, 0) is 4.74 Å². The van der Waals surface area contributed by atoms with Gasteiger partial charge < -0.3 is 9.84 Å². The molecule has 0 aromatic carbocycles. The van der Waals surface area contributed by atoms with Gasteiger partial charge in [-0.25, -0.2) is 0 Å². The Kier molecular flexibility index (Phi) is 4.82. The van der Waals surface area contributed by atoms with Crippen LogP contribution in [0.2, 0.25) is 0 Å². The first-order valence-corrected chi connectivity index (χ1v) is 14.7. The maximum Gasteiger partial charge on any atom is 0.0892 e. The zero-order valence-electron chi connectivity index (χ0n) is 22.8. The third-order valence-electron chi connectivity index (χ3n) is 14.1. The van der Waals surface area contributed by atoms with Crippen LogP contribution in [0.5, 0.6) is 0 Å². The normalized spacial score (nSPS) is 56.2. The van der Waals surface area contributed by atoms with Gasteiger partial charge in [-0.1, -0.05) is 47.5 Å². The summed E-state index contributed by atoms with van der Waals surface area (Å²) in [6.07, 6.45) is 17.0. The van der Waals surface area contributed by atoms with Gasteiger partial charge in [-0.15, -0.1) is 0 Å². The fourth-order valence-electron chi connectivity index (χ4n) is 11.9. The van der Waals surface area contributed by atoms with Crippen molar-refractivity contribution in [3.05, 3.63) is 0 Å². The summed E-state index contributed by atoms with van der Waals surface area (Å²) in [5.74, 6) is 3.44. The quantitative estimate of drug-likeness (QED) is 0.429. The van der Waals surface area contributed by atoms with Gasteiger partial charge in [0, 0.05) is 0 Å². The molecule has 5 saturated carbocycles. The fourth-order valence-corrected chi connectivity index (χ4v) is 11.9. The van der Waals surface area contributed by atoms with Gasteiger partial charge in [-0.3, -0.25) is 0 Å². The highest BCUT2D eigenvalue weighted by atomic mass is 16.6. The summed E-state index contributed by atoms with van der Waals surface area (Å²) in [5, 5.41) is 10.9. The molecule has 6 aliphatic rings. The minimum absolute atomic E-state index is 0.0879. The molecule has 6 rings (SSSR count). The van der Waals surface area contributed by atoms with Crippen molar-refractivity contribution < 1.29 is 9.84 Å². The molecule has 2 nitrogen and oxygen atoms in total. The summed E-state index contributed by atoms with van der Waals surface area (Å²) in [6.45, 7) is 17.4. The molecule has 0 bridgehead atoms. The third-order valence-corrected chi connectivity index (χ3v) is 14.1. The van der Waals surface area contributed by atoms with E-state index >= 15 is 0 Å². The summed E-state index contributed by atoms with van der Waals surface area (Å²) in [5.41, 5.74) is 2.51. The molecule has 0 amide bonds. The van der Waals surface area contributed by atoms with Crippen LogP contribution in [0.15, 0.2) is 0 Å². The van der Waals surface area contributed by atoms with E-state index in [1.807, 2.05) is 0 Å². The number of aliphatic hydroxyl groups is 1. The van der Waals surface area contributed by atoms with Crippen LogP contribution in [0.25, 0.3) is 0 Å². The van der Waals surface area contributed by atoms with Crippen molar-refractivity contribution in [2.24, 2.45) is 50.7 Å². The van der Waals surface area contributed by atoms with Gasteiger partial charge in [-0.2, -0.15) is 0 Å². The number of epoxide rings is 1. The first-order chi connectivity index (χ1) is 15.3. The Morgan fingerprint density at radius 2 is 1.48 bits per heavy atom. The molecule has 0 radical (unpaired) electrons. The van der Waals surface area contributed by atoms with Gasteiger partial charge in [-0.05, 0) is 129 Å². The average molecular weight is 457 g/mol. The molecular weight excluding hydrogens is 404 g/mol. The van der Waals surface area contributed by atoms with E-state index in [1.165, 1.54) is 70.6 Å². The van der Waals surface area contributed by atoms with E-state index < -0.39 is 0 Å².